The van der Waals surface area contributed by atoms with Crippen LogP contribution in [0.4, 0.5) is 0 Å². The maximum atomic E-state index is 13.9. The molecule has 0 N–H and O–H groups in total. The number of carbonyl (C=O) groups is 1. The molecule has 4 rings (SSSR count). The monoisotopic (exact) mass is 419 g/mol. The van der Waals surface area contributed by atoms with Crippen molar-refractivity contribution < 1.29 is 4.79 Å². The summed E-state index contributed by atoms with van der Waals surface area (Å²) in [6, 6.07) is 39.8. The summed E-state index contributed by atoms with van der Waals surface area (Å²) in [6.07, 6.45) is 0. The number of aryl methyl sites for hydroxylation is 1. The van der Waals surface area contributed by atoms with Gasteiger partial charge < -0.3 is 0 Å². The summed E-state index contributed by atoms with van der Waals surface area (Å²) in [5.41, 5.74) is 1.44. The van der Waals surface area contributed by atoms with E-state index in [0.29, 0.717) is 10.9 Å². The van der Waals surface area contributed by atoms with Crippen molar-refractivity contribution in [1.29, 1.82) is 5.26 Å². The van der Waals surface area contributed by atoms with E-state index in [2.05, 4.69) is 6.07 Å². The van der Waals surface area contributed by atoms with Gasteiger partial charge in [-0.25, -0.2) is 0 Å². The number of Topliss-reactive ketones (excluding diaryl/α,β-unsaturated/α-hetero) is 1. The van der Waals surface area contributed by atoms with Crippen molar-refractivity contribution in [2.45, 2.75) is 6.92 Å². The summed E-state index contributed by atoms with van der Waals surface area (Å²) in [4.78, 5) is 13.9. The highest BCUT2D eigenvalue weighted by atomic mass is 31.2. The van der Waals surface area contributed by atoms with Gasteiger partial charge in [-0.3, -0.25) is 4.79 Å². The first-order valence-electron chi connectivity index (χ1n) is 10.1. The van der Waals surface area contributed by atoms with Crippen LogP contribution in [-0.4, -0.2) is 11.1 Å². The van der Waals surface area contributed by atoms with Gasteiger partial charge in [0.15, 0.2) is 0 Å². The highest BCUT2D eigenvalue weighted by molar-refractivity contribution is 7.97. The van der Waals surface area contributed by atoms with Gasteiger partial charge in [-0.05, 0) is 35.3 Å². The van der Waals surface area contributed by atoms with Crippen LogP contribution in [0.2, 0.25) is 0 Å². The van der Waals surface area contributed by atoms with Gasteiger partial charge in [0.25, 0.3) is 0 Å². The fourth-order valence-electron chi connectivity index (χ4n) is 4.02. The summed E-state index contributed by atoms with van der Waals surface area (Å²) in [6.45, 7) is -0.786. The first-order valence-corrected chi connectivity index (χ1v) is 11.9. The second kappa shape index (κ2) is 9.00. The molecule has 0 spiro atoms. The molecule has 31 heavy (non-hydrogen) atoms. The van der Waals surface area contributed by atoms with Crippen molar-refractivity contribution in [2.24, 2.45) is 0 Å². The summed E-state index contributed by atoms with van der Waals surface area (Å²) < 4.78 is 0. The quantitative estimate of drug-likeness (QED) is 0.342. The Hall–Kier alpha value is -3.66. The third-order valence-corrected chi connectivity index (χ3v) is 9.67. The second-order valence-corrected chi connectivity index (χ2v) is 10.6. The molecule has 2 nitrogen and oxygen atoms in total. The van der Waals surface area contributed by atoms with Gasteiger partial charge in [-0.1, -0.05) is 115 Å². The molecule has 3 heteroatoms. The average molecular weight is 419 g/mol. The standard InChI is InChI=1S/C28H22NOP/c1-22-13-11-12-20-26(22)28(30)27(21-29)31(23-14-5-2-6-15-23,24-16-7-3-8-17-24)25-18-9-4-10-19-25/h2-20H,1H3. The lowest BCUT2D eigenvalue weighted by atomic mass is 10.0. The highest BCUT2D eigenvalue weighted by Crippen LogP contribution is 2.46. The van der Waals surface area contributed by atoms with E-state index in [9.17, 15) is 10.1 Å². The summed E-state index contributed by atoms with van der Waals surface area (Å²) in [5, 5.41) is 13.8. The largest absolute Gasteiger partial charge is 0.288 e. The lowest BCUT2D eigenvalue weighted by Gasteiger charge is -2.30. The number of hydrogen-bond acceptors (Lipinski definition) is 2. The fraction of sp³-hybridized carbons (Fsp3) is 0.0357. The Labute approximate surface area is 183 Å². The van der Waals surface area contributed by atoms with E-state index >= 15 is 0 Å². The molecule has 0 unspecified atom stereocenters. The van der Waals surface area contributed by atoms with Crippen LogP contribution >= 0.6 is 6.89 Å². The molecule has 0 radical (unpaired) electrons. The van der Waals surface area contributed by atoms with Gasteiger partial charge in [0.05, 0.1) is 0 Å². The minimum Gasteiger partial charge on any atom is -0.288 e. The van der Waals surface area contributed by atoms with Crippen molar-refractivity contribution >= 4 is 33.9 Å². The molecule has 0 atom stereocenters. The van der Waals surface area contributed by atoms with Crippen LogP contribution in [0.5, 0.6) is 0 Å². The molecule has 0 aliphatic rings. The molecule has 0 fully saturated rings. The molecule has 0 heterocycles. The molecule has 4 aromatic carbocycles. The third kappa shape index (κ3) is 3.66. The Balaban J connectivity index is 2.23. The number of hydrogen-bond donors (Lipinski definition) is 0. The van der Waals surface area contributed by atoms with Gasteiger partial charge in [-0.2, -0.15) is 5.26 Å². The molecule has 0 saturated heterocycles. The number of benzene rings is 4. The maximum absolute atomic E-state index is 13.9. The minimum atomic E-state index is -2.70. The first kappa shape index (κ1) is 20.6. The molecule has 0 saturated carbocycles. The van der Waals surface area contributed by atoms with Crippen molar-refractivity contribution in [2.75, 3.05) is 0 Å². The Kier molecular flexibility index (Phi) is 5.99. The highest BCUT2D eigenvalue weighted by Gasteiger charge is 2.33. The second-order valence-electron chi connectivity index (χ2n) is 7.28. The van der Waals surface area contributed by atoms with E-state index < -0.39 is 6.89 Å². The normalized spacial score (nSPS) is 10.8. The summed E-state index contributed by atoms with van der Waals surface area (Å²) in [5.74, 6) is -0.203. The fourth-order valence-corrected chi connectivity index (χ4v) is 8.12. The Morgan fingerprint density at radius 1 is 0.645 bits per heavy atom. The molecule has 0 aliphatic heterocycles. The third-order valence-electron chi connectivity index (χ3n) is 5.48. The van der Waals surface area contributed by atoms with E-state index in [4.69, 9.17) is 0 Å². The van der Waals surface area contributed by atoms with Crippen molar-refractivity contribution in [1.82, 2.24) is 0 Å². The Morgan fingerprint density at radius 3 is 1.42 bits per heavy atom. The van der Waals surface area contributed by atoms with Gasteiger partial charge in [-0.15, -0.1) is 0 Å². The number of carbonyl (C=O) groups excluding carboxylic acids is 1. The molecule has 4 aromatic rings. The SMILES string of the molecule is Cc1ccccc1C(=O)C(C#N)=P(c1ccccc1)(c1ccccc1)c1ccccc1. The zero-order valence-corrected chi connectivity index (χ0v) is 18.2. The summed E-state index contributed by atoms with van der Waals surface area (Å²) >= 11 is 0. The molecule has 150 valence electrons. The van der Waals surface area contributed by atoms with Gasteiger partial charge >= 0.3 is 0 Å². The van der Waals surface area contributed by atoms with E-state index in [1.54, 1.807) is 0 Å². The van der Waals surface area contributed by atoms with E-state index in [-0.39, 0.29) is 5.78 Å². The zero-order valence-electron chi connectivity index (χ0n) is 17.3. The van der Waals surface area contributed by atoms with Crippen LogP contribution < -0.4 is 15.9 Å². The number of nitriles is 1. The van der Waals surface area contributed by atoms with Crippen LogP contribution in [0, 0.1) is 18.3 Å². The van der Waals surface area contributed by atoms with Crippen LogP contribution in [0.1, 0.15) is 15.9 Å². The summed E-state index contributed by atoms with van der Waals surface area (Å²) in [7, 11) is 0. The number of rotatable bonds is 5. The van der Waals surface area contributed by atoms with Gasteiger partial charge in [0.2, 0.25) is 5.78 Å². The minimum absolute atomic E-state index is 0.203. The predicted octanol–water partition coefficient (Wildman–Crippen LogP) is 4.87. The van der Waals surface area contributed by atoms with Crippen LogP contribution in [0.3, 0.4) is 0 Å². The van der Waals surface area contributed by atoms with Crippen LogP contribution in [0.15, 0.2) is 115 Å². The zero-order chi connectivity index (χ0) is 21.7. The number of nitrogens with zero attached hydrogens (tertiary/aromatic N) is 1. The average Bonchev–Trinajstić information content (AvgIpc) is 2.84. The van der Waals surface area contributed by atoms with Crippen molar-refractivity contribution in [3.05, 3.63) is 126 Å². The molecule has 0 bridgehead atoms. The lowest BCUT2D eigenvalue weighted by molar-refractivity contribution is 0.106. The van der Waals surface area contributed by atoms with Crippen molar-refractivity contribution in [3.8, 4) is 6.07 Å². The lowest BCUT2D eigenvalue weighted by Crippen LogP contribution is -2.33. The smallest absolute Gasteiger partial charge is 0.204 e. The molecular formula is C28H22NOP. The van der Waals surface area contributed by atoms with Crippen molar-refractivity contribution in [3.63, 3.8) is 0 Å². The molecule has 0 amide bonds. The predicted molar refractivity (Wildman–Crippen MR) is 131 cm³/mol. The van der Waals surface area contributed by atoms with Gasteiger partial charge in [0, 0.05) is 5.56 Å². The van der Waals surface area contributed by atoms with E-state index in [1.165, 1.54) is 0 Å². The molecule has 0 aliphatic carbocycles. The molecule has 0 aromatic heterocycles. The van der Waals surface area contributed by atoms with Crippen LogP contribution in [0.25, 0.3) is 0 Å². The van der Waals surface area contributed by atoms with E-state index in [1.807, 2.05) is 122 Å². The maximum Gasteiger partial charge on any atom is 0.204 e. The van der Waals surface area contributed by atoms with E-state index in [0.717, 1.165) is 21.5 Å². The molecular weight excluding hydrogens is 397 g/mol. The first-order chi connectivity index (χ1) is 15.2. The van der Waals surface area contributed by atoms with Gasteiger partial charge in [0.1, 0.15) is 11.4 Å². The van der Waals surface area contributed by atoms with Crippen LogP contribution in [-0.2, 0) is 0 Å². The Bertz CT molecular complexity index is 1200. The number of ketones is 1. The topological polar surface area (TPSA) is 40.9 Å². The Morgan fingerprint density at radius 2 is 1.03 bits per heavy atom.